The highest BCUT2D eigenvalue weighted by molar-refractivity contribution is 5.94. The van der Waals surface area contributed by atoms with Gasteiger partial charge in [0.2, 0.25) is 0 Å². The Morgan fingerprint density at radius 2 is 2.00 bits per heavy atom. The molecule has 30 heavy (non-hydrogen) atoms. The van der Waals surface area contributed by atoms with Crippen LogP contribution >= 0.6 is 0 Å². The first kappa shape index (κ1) is 20.9. The fourth-order valence-electron chi connectivity index (χ4n) is 4.15. The van der Waals surface area contributed by atoms with Crippen molar-refractivity contribution in [2.24, 2.45) is 0 Å². The Morgan fingerprint density at radius 1 is 1.23 bits per heavy atom. The van der Waals surface area contributed by atoms with Crippen molar-refractivity contribution in [3.05, 3.63) is 59.2 Å². The van der Waals surface area contributed by atoms with E-state index in [-0.39, 0.29) is 17.6 Å². The van der Waals surface area contributed by atoms with Gasteiger partial charge in [-0.25, -0.2) is 9.97 Å². The third-order valence-corrected chi connectivity index (χ3v) is 5.81. The standard InChI is InChI=1S/C23H30N4O3/c1-17-3-5-20(6-4-17)22(28)26-13-21-7-8-23(30-21)15-27(9-10-29-16-23)14-19-11-24-18(2)25-12-19/h3-6,11-12,21H,7-10,13-16H2,1-2H3,(H,26,28)/t21-,23-/m0/s1. The van der Waals surface area contributed by atoms with E-state index in [1.165, 1.54) is 0 Å². The van der Waals surface area contributed by atoms with Crippen molar-refractivity contribution in [2.45, 2.75) is 44.9 Å². The zero-order valence-corrected chi connectivity index (χ0v) is 17.8. The molecule has 2 atom stereocenters. The van der Waals surface area contributed by atoms with Gasteiger partial charge < -0.3 is 14.8 Å². The van der Waals surface area contributed by atoms with E-state index in [1.54, 1.807) is 0 Å². The molecule has 1 aromatic heterocycles. The third kappa shape index (κ3) is 5.22. The number of hydrogen-bond acceptors (Lipinski definition) is 6. The molecule has 2 aliphatic heterocycles. The minimum Gasteiger partial charge on any atom is -0.377 e. The van der Waals surface area contributed by atoms with Crippen LogP contribution in [0.3, 0.4) is 0 Å². The zero-order valence-electron chi connectivity index (χ0n) is 17.8. The number of aromatic nitrogens is 2. The molecule has 0 unspecified atom stereocenters. The molecule has 4 rings (SSSR count). The Balaban J connectivity index is 1.32. The summed E-state index contributed by atoms with van der Waals surface area (Å²) in [7, 11) is 0. The molecule has 3 heterocycles. The van der Waals surface area contributed by atoms with Crippen LogP contribution in [0.5, 0.6) is 0 Å². The lowest BCUT2D eigenvalue weighted by Gasteiger charge is -2.32. The van der Waals surface area contributed by atoms with Crippen molar-refractivity contribution >= 4 is 5.91 Å². The van der Waals surface area contributed by atoms with Crippen molar-refractivity contribution in [2.75, 3.05) is 32.8 Å². The summed E-state index contributed by atoms with van der Waals surface area (Å²) < 4.78 is 12.3. The van der Waals surface area contributed by atoms with Crippen molar-refractivity contribution < 1.29 is 14.3 Å². The largest absolute Gasteiger partial charge is 0.377 e. The average Bonchev–Trinajstić information content (AvgIpc) is 3.03. The number of carbonyl (C=O) groups excluding carboxylic acids is 1. The maximum Gasteiger partial charge on any atom is 0.251 e. The summed E-state index contributed by atoms with van der Waals surface area (Å²) in [6.07, 6.45) is 5.63. The summed E-state index contributed by atoms with van der Waals surface area (Å²) in [5.74, 6) is 0.724. The number of nitrogens with one attached hydrogen (secondary N) is 1. The molecule has 2 fully saturated rings. The maximum atomic E-state index is 12.4. The van der Waals surface area contributed by atoms with Crippen LogP contribution in [0.15, 0.2) is 36.7 Å². The highest BCUT2D eigenvalue weighted by atomic mass is 16.6. The van der Waals surface area contributed by atoms with Crippen LogP contribution < -0.4 is 5.32 Å². The first-order chi connectivity index (χ1) is 14.5. The molecule has 0 aliphatic carbocycles. The number of nitrogens with zero attached hydrogens (tertiary/aromatic N) is 3. The summed E-state index contributed by atoms with van der Waals surface area (Å²) in [4.78, 5) is 23.4. The second kappa shape index (κ2) is 9.20. The molecule has 7 heteroatoms. The maximum absolute atomic E-state index is 12.4. The summed E-state index contributed by atoms with van der Waals surface area (Å²) in [5.41, 5.74) is 2.60. The van der Waals surface area contributed by atoms with Gasteiger partial charge in [-0.05, 0) is 38.8 Å². The molecule has 2 aromatic rings. The molecule has 2 saturated heterocycles. The van der Waals surface area contributed by atoms with Gasteiger partial charge in [0.15, 0.2) is 0 Å². The van der Waals surface area contributed by atoms with E-state index in [1.807, 2.05) is 50.5 Å². The van der Waals surface area contributed by atoms with E-state index < -0.39 is 0 Å². The third-order valence-electron chi connectivity index (χ3n) is 5.81. The number of ether oxygens (including phenoxy) is 2. The molecule has 7 nitrogen and oxygen atoms in total. The number of rotatable bonds is 5. The molecular formula is C23H30N4O3. The van der Waals surface area contributed by atoms with Crippen molar-refractivity contribution in [3.8, 4) is 0 Å². The van der Waals surface area contributed by atoms with Crippen LogP contribution in [-0.4, -0.2) is 65.3 Å². The first-order valence-electron chi connectivity index (χ1n) is 10.6. The normalized spacial score (nSPS) is 24.7. The van der Waals surface area contributed by atoms with Gasteiger partial charge in [0, 0.05) is 49.7 Å². The highest BCUT2D eigenvalue weighted by Crippen LogP contribution is 2.33. The van der Waals surface area contributed by atoms with E-state index >= 15 is 0 Å². The number of hydrogen-bond donors (Lipinski definition) is 1. The molecule has 0 radical (unpaired) electrons. The molecule has 160 valence electrons. The van der Waals surface area contributed by atoms with Gasteiger partial charge in [0.1, 0.15) is 11.4 Å². The number of carbonyl (C=O) groups is 1. The van der Waals surface area contributed by atoms with Crippen molar-refractivity contribution in [1.29, 1.82) is 0 Å². The fourth-order valence-corrected chi connectivity index (χ4v) is 4.15. The summed E-state index contributed by atoms with van der Waals surface area (Å²) >= 11 is 0. The Bertz CT molecular complexity index is 856. The van der Waals surface area contributed by atoms with Crippen LogP contribution in [0, 0.1) is 13.8 Å². The molecular weight excluding hydrogens is 380 g/mol. The molecule has 1 N–H and O–H groups in total. The molecule has 1 amide bonds. The van der Waals surface area contributed by atoms with E-state index in [9.17, 15) is 4.79 Å². The fraction of sp³-hybridized carbons (Fsp3) is 0.522. The lowest BCUT2D eigenvalue weighted by atomic mass is 10.00. The Hall–Kier alpha value is -2.35. The van der Waals surface area contributed by atoms with Gasteiger partial charge in [0.05, 0.1) is 19.3 Å². The first-order valence-corrected chi connectivity index (χ1v) is 10.6. The predicted molar refractivity (Wildman–Crippen MR) is 113 cm³/mol. The monoisotopic (exact) mass is 410 g/mol. The van der Waals surface area contributed by atoms with Crippen LogP contribution in [0.2, 0.25) is 0 Å². The lowest BCUT2D eigenvalue weighted by Crippen LogP contribution is -2.45. The van der Waals surface area contributed by atoms with Crippen LogP contribution in [0.1, 0.15) is 40.2 Å². The Morgan fingerprint density at radius 3 is 2.77 bits per heavy atom. The highest BCUT2D eigenvalue weighted by Gasteiger charge is 2.43. The molecule has 2 aliphatic rings. The summed E-state index contributed by atoms with van der Waals surface area (Å²) in [5, 5.41) is 3.02. The smallest absolute Gasteiger partial charge is 0.251 e. The SMILES string of the molecule is Cc1ccc(C(=O)NC[C@@H]2CC[C@]3(COCCN(Cc4cnc(C)nc4)C3)O2)cc1. The Labute approximate surface area is 177 Å². The summed E-state index contributed by atoms with van der Waals surface area (Å²) in [6.45, 7) is 8.14. The van der Waals surface area contributed by atoms with Crippen molar-refractivity contribution in [3.63, 3.8) is 0 Å². The van der Waals surface area contributed by atoms with Gasteiger partial charge >= 0.3 is 0 Å². The van der Waals surface area contributed by atoms with Gasteiger partial charge in [-0.2, -0.15) is 0 Å². The number of aryl methyl sites for hydroxylation is 2. The van der Waals surface area contributed by atoms with E-state index in [2.05, 4.69) is 20.2 Å². The number of benzene rings is 1. The molecule has 0 bridgehead atoms. The van der Waals surface area contributed by atoms with E-state index in [0.717, 1.165) is 49.4 Å². The van der Waals surface area contributed by atoms with Gasteiger partial charge in [-0.15, -0.1) is 0 Å². The van der Waals surface area contributed by atoms with Gasteiger partial charge in [-0.3, -0.25) is 9.69 Å². The second-order valence-corrected chi connectivity index (χ2v) is 8.44. The second-order valence-electron chi connectivity index (χ2n) is 8.44. The predicted octanol–water partition coefficient (Wildman–Crippen LogP) is 2.27. The van der Waals surface area contributed by atoms with Gasteiger partial charge in [-0.1, -0.05) is 17.7 Å². The quantitative estimate of drug-likeness (QED) is 0.815. The zero-order chi connectivity index (χ0) is 21.0. The Kier molecular flexibility index (Phi) is 6.41. The lowest BCUT2D eigenvalue weighted by molar-refractivity contribution is -0.0849. The average molecular weight is 411 g/mol. The molecule has 1 spiro atoms. The van der Waals surface area contributed by atoms with Crippen LogP contribution in [0.4, 0.5) is 0 Å². The summed E-state index contributed by atoms with van der Waals surface area (Å²) in [6, 6.07) is 7.61. The number of amides is 1. The van der Waals surface area contributed by atoms with Crippen LogP contribution in [0.25, 0.3) is 0 Å². The molecule has 0 saturated carbocycles. The van der Waals surface area contributed by atoms with E-state index in [4.69, 9.17) is 9.47 Å². The minimum atomic E-state index is -0.318. The topological polar surface area (TPSA) is 76.6 Å². The van der Waals surface area contributed by atoms with Gasteiger partial charge in [0.25, 0.3) is 5.91 Å². The van der Waals surface area contributed by atoms with E-state index in [0.29, 0.717) is 25.3 Å². The van der Waals surface area contributed by atoms with Crippen molar-refractivity contribution in [1.82, 2.24) is 20.2 Å². The van der Waals surface area contributed by atoms with Crippen LogP contribution in [-0.2, 0) is 16.0 Å². The molecule has 1 aromatic carbocycles. The minimum absolute atomic E-state index is 0.00524.